The Balaban J connectivity index is 2.46. The summed E-state index contributed by atoms with van der Waals surface area (Å²) >= 11 is 11.9. The van der Waals surface area contributed by atoms with Crippen molar-refractivity contribution in [3.63, 3.8) is 0 Å². The van der Waals surface area contributed by atoms with Crippen molar-refractivity contribution in [2.75, 3.05) is 0 Å². The Morgan fingerprint density at radius 1 is 1.32 bits per heavy atom. The van der Waals surface area contributed by atoms with Crippen LogP contribution in [0.2, 0.25) is 10.0 Å². The fraction of sp³-hybridized carbons (Fsp3) is 0.357. The van der Waals surface area contributed by atoms with E-state index in [1.807, 2.05) is 26.8 Å². The van der Waals surface area contributed by atoms with Crippen LogP contribution in [-0.4, -0.2) is 9.78 Å². The van der Waals surface area contributed by atoms with Gasteiger partial charge in [-0.1, -0.05) is 36.2 Å². The number of aryl methyl sites for hydroxylation is 1. The molecule has 1 aromatic carbocycles. The first-order valence-corrected chi connectivity index (χ1v) is 6.96. The molecule has 0 bridgehead atoms. The van der Waals surface area contributed by atoms with Gasteiger partial charge in [-0.2, -0.15) is 0 Å². The zero-order valence-corrected chi connectivity index (χ0v) is 12.6. The monoisotopic (exact) mass is 298 g/mol. The Morgan fingerprint density at radius 2 is 2.00 bits per heavy atom. The maximum Gasteiger partial charge on any atom is 0.270 e. The number of benzene rings is 1. The first kappa shape index (κ1) is 14.2. The quantitative estimate of drug-likeness (QED) is 0.915. The summed E-state index contributed by atoms with van der Waals surface area (Å²) in [5, 5.41) is 4.17. The molecule has 2 aromatic rings. The highest BCUT2D eigenvalue weighted by atomic mass is 35.5. The fourth-order valence-electron chi connectivity index (χ4n) is 2.13. The van der Waals surface area contributed by atoms with E-state index in [1.165, 1.54) is 0 Å². The Kier molecular flexibility index (Phi) is 4.07. The molecule has 0 saturated heterocycles. The molecular formula is C14H16Cl2N2O. The minimum Gasteiger partial charge on any atom is -0.299 e. The van der Waals surface area contributed by atoms with Crippen LogP contribution in [0.5, 0.6) is 0 Å². The lowest BCUT2D eigenvalue weighted by atomic mass is 10.1. The average Bonchev–Trinajstić information content (AvgIpc) is 2.68. The molecule has 1 N–H and O–H groups in total. The number of aromatic amines is 1. The number of hydrogen-bond acceptors (Lipinski definition) is 1. The van der Waals surface area contributed by atoms with Gasteiger partial charge in [0.25, 0.3) is 5.56 Å². The molecule has 1 atom stereocenters. The summed E-state index contributed by atoms with van der Waals surface area (Å²) in [6.45, 7) is 5.82. The Hall–Kier alpha value is -1.19. The molecule has 0 fully saturated rings. The van der Waals surface area contributed by atoms with Gasteiger partial charge >= 0.3 is 0 Å². The van der Waals surface area contributed by atoms with Gasteiger partial charge in [-0.25, -0.2) is 4.68 Å². The largest absolute Gasteiger partial charge is 0.299 e. The van der Waals surface area contributed by atoms with Crippen LogP contribution in [0, 0.1) is 6.92 Å². The molecule has 0 radical (unpaired) electrons. The molecule has 0 saturated carbocycles. The Bertz CT molecular complexity index is 658. The molecule has 19 heavy (non-hydrogen) atoms. The number of aromatic nitrogens is 2. The minimum absolute atomic E-state index is 0.00965. The molecule has 102 valence electrons. The summed E-state index contributed by atoms with van der Waals surface area (Å²) in [6.07, 6.45) is 0.808. The molecule has 0 aliphatic rings. The van der Waals surface area contributed by atoms with Gasteiger partial charge in [0.05, 0.1) is 16.1 Å². The van der Waals surface area contributed by atoms with E-state index < -0.39 is 0 Å². The molecule has 1 heterocycles. The number of hydrogen-bond donors (Lipinski definition) is 1. The Morgan fingerprint density at radius 3 is 2.53 bits per heavy atom. The highest BCUT2D eigenvalue weighted by Crippen LogP contribution is 2.26. The summed E-state index contributed by atoms with van der Waals surface area (Å²) in [4.78, 5) is 12.2. The SMILES string of the molecule is CCc1[nH]n(C(C)c2ccc(Cl)c(Cl)c2)c(=O)c1C. The van der Waals surface area contributed by atoms with Crippen LogP contribution in [-0.2, 0) is 6.42 Å². The fourth-order valence-corrected chi connectivity index (χ4v) is 2.43. The normalized spacial score (nSPS) is 12.7. The molecule has 0 aliphatic carbocycles. The van der Waals surface area contributed by atoms with Crippen molar-refractivity contribution in [2.45, 2.75) is 33.2 Å². The van der Waals surface area contributed by atoms with Crippen LogP contribution in [0.15, 0.2) is 23.0 Å². The van der Waals surface area contributed by atoms with E-state index in [9.17, 15) is 4.79 Å². The van der Waals surface area contributed by atoms with Crippen LogP contribution in [0.1, 0.15) is 36.7 Å². The molecule has 0 spiro atoms. The summed E-state index contributed by atoms with van der Waals surface area (Å²) in [7, 11) is 0. The maximum atomic E-state index is 12.2. The summed E-state index contributed by atoms with van der Waals surface area (Å²) in [5.41, 5.74) is 2.70. The Labute approximate surface area is 122 Å². The van der Waals surface area contributed by atoms with Crippen molar-refractivity contribution < 1.29 is 0 Å². The van der Waals surface area contributed by atoms with Crippen LogP contribution >= 0.6 is 23.2 Å². The minimum atomic E-state index is -0.110. The highest BCUT2D eigenvalue weighted by molar-refractivity contribution is 6.42. The van der Waals surface area contributed by atoms with Gasteiger partial charge in [-0.15, -0.1) is 0 Å². The van der Waals surface area contributed by atoms with Gasteiger partial charge in [0.2, 0.25) is 0 Å². The van der Waals surface area contributed by atoms with Gasteiger partial charge in [0.15, 0.2) is 0 Å². The molecule has 5 heteroatoms. The van der Waals surface area contributed by atoms with Crippen LogP contribution in [0.4, 0.5) is 0 Å². The van der Waals surface area contributed by atoms with Gasteiger partial charge < -0.3 is 0 Å². The molecule has 1 aromatic heterocycles. The first-order valence-electron chi connectivity index (χ1n) is 6.20. The summed E-state index contributed by atoms with van der Waals surface area (Å²) in [5.74, 6) is 0. The van der Waals surface area contributed by atoms with Crippen molar-refractivity contribution >= 4 is 23.2 Å². The lowest BCUT2D eigenvalue weighted by Gasteiger charge is -2.13. The maximum absolute atomic E-state index is 12.2. The third-order valence-electron chi connectivity index (χ3n) is 3.41. The van der Waals surface area contributed by atoms with Crippen molar-refractivity contribution in [1.29, 1.82) is 0 Å². The standard InChI is InChI=1S/C14H16Cl2N2O/c1-4-13-8(2)14(19)18(17-13)9(3)10-5-6-11(15)12(16)7-10/h5-7,9,17H,4H2,1-3H3. The third-order valence-corrected chi connectivity index (χ3v) is 4.15. The van der Waals surface area contributed by atoms with Crippen molar-refractivity contribution in [3.8, 4) is 0 Å². The van der Waals surface area contributed by atoms with Gasteiger partial charge in [-0.05, 0) is 38.0 Å². The molecule has 0 aliphatic heterocycles. The third kappa shape index (κ3) is 2.58. The zero-order chi connectivity index (χ0) is 14.2. The van der Waals surface area contributed by atoms with Crippen LogP contribution < -0.4 is 5.56 Å². The van der Waals surface area contributed by atoms with E-state index in [0.29, 0.717) is 10.0 Å². The number of nitrogens with one attached hydrogen (secondary N) is 1. The van der Waals surface area contributed by atoms with Crippen molar-refractivity contribution in [3.05, 3.63) is 55.4 Å². The van der Waals surface area contributed by atoms with Gasteiger partial charge in [-0.3, -0.25) is 9.89 Å². The molecule has 1 unspecified atom stereocenters. The second-order valence-electron chi connectivity index (χ2n) is 4.59. The topological polar surface area (TPSA) is 37.8 Å². The highest BCUT2D eigenvalue weighted by Gasteiger charge is 2.16. The number of rotatable bonds is 3. The predicted molar refractivity (Wildman–Crippen MR) is 79.4 cm³/mol. The van der Waals surface area contributed by atoms with E-state index in [2.05, 4.69) is 5.10 Å². The zero-order valence-electron chi connectivity index (χ0n) is 11.1. The molecule has 2 rings (SSSR count). The number of halogens is 2. The first-order chi connectivity index (χ1) is 8.95. The van der Waals surface area contributed by atoms with Crippen molar-refractivity contribution in [1.82, 2.24) is 9.78 Å². The van der Waals surface area contributed by atoms with Gasteiger partial charge in [0, 0.05) is 11.3 Å². The van der Waals surface area contributed by atoms with E-state index in [1.54, 1.807) is 16.8 Å². The summed E-state index contributed by atoms with van der Waals surface area (Å²) < 4.78 is 1.63. The summed E-state index contributed by atoms with van der Waals surface area (Å²) in [6, 6.07) is 5.31. The molecule has 3 nitrogen and oxygen atoms in total. The second kappa shape index (κ2) is 5.43. The molecular weight excluding hydrogens is 283 g/mol. The lowest BCUT2D eigenvalue weighted by molar-refractivity contribution is 0.542. The average molecular weight is 299 g/mol. The predicted octanol–water partition coefficient (Wildman–Crippen LogP) is 3.96. The number of H-pyrrole nitrogens is 1. The van der Waals surface area contributed by atoms with E-state index in [-0.39, 0.29) is 11.6 Å². The van der Waals surface area contributed by atoms with Crippen LogP contribution in [0.3, 0.4) is 0 Å². The molecule has 0 amide bonds. The number of nitrogens with zero attached hydrogens (tertiary/aromatic N) is 1. The second-order valence-corrected chi connectivity index (χ2v) is 5.41. The van der Waals surface area contributed by atoms with E-state index in [4.69, 9.17) is 23.2 Å². The van der Waals surface area contributed by atoms with E-state index in [0.717, 1.165) is 23.2 Å². The van der Waals surface area contributed by atoms with E-state index >= 15 is 0 Å². The van der Waals surface area contributed by atoms with Gasteiger partial charge in [0.1, 0.15) is 0 Å². The smallest absolute Gasteiger partial charge is 0.270 e. The lowest BCUT2D eigenvalue weighted by Crippen LogP contribution is -2.22. The van der Waals surface area contributed by atoms with Crippen molar-refractivity contribution in [2.24, 2.45) is 0 Å². The van der Waals surface area contributed by atoms with Crippen LogP contribution in [0.25, 0.3) is 0 Å².